The Morgan fingerprint density at radius 3 is 2.85 bits per heavy atom. The summed E-state index contributed by atoms with van der Waals surface area (Å²) in [6, 6.07) is 1.67. The third-order valence-corrected chi connectivity index (χ3v) is 1.48. The molecule has 5 heteroatoms. The van der Waals surface area contributed by atoms with E-state index in [0.717, 1.165) is 5.56 Å². The summed E-state index contributed by atoms with van der Waals surface area (Å²) in [5.41, 5.74) is 6.68. The molecule has 0 aliphatic rings. The summed E-state index contributed by atoms with van der Waals surface area (Å²) in [5.74, 6) is -0.0944. The second kappa shape index (κ2) is 4.13. The number of alkyl halides is 2. The minimum Gasteiger partial charge on any atom is -0.417 e. The van der Waals surface area contributed by atoms with Crippen LogP contribution < -0.4 is 10.5 Å². The number of nitrogens with zero attached hydrogens (tertiary/aromatic N) is 1. The van der Waals surface area contributed by atoms with E-state index in [-0.39, 0.29) is 12.4 Å². The van der Waals surface area contributed by atoms with E-state index in [1.54, 1.807) is 13.0 Å². The predicted octanol–water partition coefficient (Wildman–Crippen LogP) is 1.45. The minimum absolute atomic E-state index is 0.0944. The van der Waals surface area contributed by atoms with E-state index in [2.05, 4.69) is 9.72 Å². The van der Waals surface area contributed by atoms with Crippen LogP contribution in [-0.2, 0) is 6.54 Å². The highest BCUT2D eigenvalue weighted by atomic mass is 19.3. The van der Waals surface area contributed by atoms with Gasteiger partial charge in [-0.1, -0.05) is 0 Å². The molecule has 0 fully saturated rings. The van der Waals surface area contributed by atoms with Crippen LogP contribution in [0.15, 0.2) is 12.3 Å². The van der Waals surface area contributed by atoms with Crippen molar-refractivity contribution < 1.29 is 13.5 Å². The fourth-order valence-corrected chi connectivity index (χ4v) is 0.954. The van der Waals surface area contributed by atoms with Gasteiger partial charge in [-0.25, -0.2) is 4.98 Å². The molecule has 0 amide bonds. The normalized spacial score (nSPS) is 10.5. The van der Waals surface area contributed by atoms with Crippen molar-refractivity contribution in [3.63, 3.8) is 0 Å². The van der Waals surface area contributed by atoms with Gasteiger partial charge in [0.15, 0.2) is 0 Å². The van der Waals surface area contributed by atoms with Gasteiger partial charge in [0.05, 0.1) is 0 Å². The van der Waals surface area contributed by atoms with Gasteiger partial charge in [0.2, 0.25) is 5.88 Å². The summed E-state index contributed by atoms with van der Waals surface area (Å²) in [6.07, 6.45) is 1.46. The number of ether oxygens (including phenoxy) is 1. The fraction of sp³-hybridized carbons (Fsp3) is 0.375. The standard InChI is InChI=1S/C8H10F2N2O/c1-5-2-6(3-11)7(12-4-5)13-8(9)10/h2,4,8H,3,11H2,1H3. The number of aromatic nitrogens is 1. The molecule has 0 saturated carbocycles. The Morgan fingerprint density at radius 2 is 2.31 bits per heavy atom. The van der Waals surface area contributed by atoms with Crippen molar-refractivity contribution in [2.24, 2.45) is 5.73 Å². The number of rotatable bonds is 3. The third-order valence-electron chi connectivity index (χ3n) is 1.48. The maximum absolute atomic E-state index is 11.8. The van der Waals surface area contributed by atoms with E-state index >= 15 is 0 Å². The van der Waals surface area contributed by atoms with Crippen LogP contribution in [0.25, 0.3) is 0 Å². The van der Waals surface area contributed by atoms with E-state index in [1.165, 1.54) is 6.20 Å². The molecule has 0 aliphatic carbocycles. The molecule has 0 bridgehead atoms. The van der Waals surface area contributed by atoms with Crippen LogP contribution in [0.1, 0.15) is 11.1 Å². The Hall–Kier alpha value is -1.23. The second-order valence-electron chi connectivity index (χ2n) is 2.56. The molecule has 1 rings (SSSR count). The first-order chi connectivity index (χ1) is 6.13. The van der Waals surface area contributed by atoms with Crippen LogP contribution in [0.5, 0.6) is 5.88 Å². The van der Waals surface area contributed by atoms with E-state index in [1.807, 2.05) is 0 Å². The van der Waals surface area contributed by atoms with E-state index in [9.17, 15) is 8.78 Å². The molecule has 3 nitrogen and oxygen atoms in total. The molecular weight excluding hydrogens is 178 g/mol. The lowest BCUT2D eigenvalue weighted by Crippen LogP contribution is -2.08. The van der Waals surface area contributed by atoms with Gasteiger partial charge in [-0.3, -0.25) is 0 Å². The maximum Gasteiger partial charge on any atom is 0.388 e. The lowest BCUT2D eigenvalue weighted by atomic mass is 10.2. The van der Waals surface area contributed by atoms with E-state index in [4.69, 9.17) is 5.73 Å². The summed E-state index contributed by atoms with van der Waals surface area (Å²) in [4.78, 5) is 3.71. The van der Waals surface area contributed by atoms with E-state index in [0.29, 0.717) is 5.56 Å². The SMILES string of the molecule is Cc1cnc(OC(F)F)c(CN)c1. The molecule has 1 aromatic heterocycles. The molecule has 0 aromatic carbocycles. The smallest absolute Gasteiger partial charge is 0.388 e. The summed E-state index contributed by atoms with van der Waals surface area (Å²) in [6.45, 7) is -0.921. The number of aryl methyl sites for hydroxylation is 1. The van der Waals surface area contributed by atoms with Crippen molar-refractivity contribution >= 4 is 0 Å². The van der Waals surface area contributed by atoms with Crippen molar-refractivity contribution in [2.45, 2.75) is 20.1 Å². The van der Waals surface area contributed by atoms with Crippen molar-refractivity contribution in [1.29, 1.82) is 0 Å². The van der Waals surface area contributed by atoms with Crippen molar-refractivity contribution in [1.82, 2.24) is 4.98 Å². The number of hydrogen-bond donors (Lipinski definition) is 1. The molecular formula is C8H10F2N2O. The molecule has 1 aromatic rings. The van der Waals surface area contributed by atoms with E-state index < -0.39 is 6.61 Å². The van der Waals surface area contributed by atoms with Crippen LogP contribution in [0.4, 0.5) is 8.78 Å². The summed E-state index contributed by atoms with van der Waals surface area (Å²) < 4.78 is 27.8. The third kappa shape index (κ3) is 2.62. The van der Waals surface area contributed by atoms with Gasteiger partial charge >= 0.3 is 6.61 Å². The van der Waals surface area contributed by atoms with Gasteiger partial charge in [0, 0.05) is 18.3 Å². The topological polar surface area (TPSA) is 48.1 Å². The Balaban J connectivity index is 2.92. The molecule has 72 valence electrons. The molecule has 0 aliphatic heterocycles. The molecule has 0 radical (unpaired) electrons. The molecule has 0 atom stereocenters. The molecule has 13 heavy (non-hydrogen) atoms. The molecule has 2 N–H and O–H groups in total. The largest absolute Gasteiger partial charge is 0.417 e. The lowest BCUT2D eigenvalue weighted by Gasteiger charge is -2.07. The van der Waals surface area contributed by atoms with Crippen molar-refractivity contribution in [2.75, 3.05) is 0 Å². The first-order valence-corrected chi connectivity index (χ1v) is 3.74. The first-order valence-electron chi connectivity index (χ1n) is 3.74. The lowest BCUT2D eigenvalue weighted by molar-refractivity contribution is -0.0534. The highest BCUT2D eigenvalue weighted by Gasteiger charge is 2.09. The summed E-state index contributed by atoms with van der Waals surface area (Å²) in [5, 5.41) is 0. The van der Waals surface area contributed by atoms with Crippen LogP contribution in [0.2, 0.25) is 0 Å². The summed E-state index contributed by atoms with van der Waals surface area (Å²) >= 11 is 0. The minimum atomic E-state index is -2.86. The zero-order chi connectivity index (χ0) is 9.84. The van der Waals surface area contributed by atoms with Crippen LogP contribution in [0, 0.1) is 6.92 Å². The predicted molar refractivity (Wildman–Crippen MR) is 43.5 cm³/mol. The fourth-order valence-electron chi connectivity index (χ4n) is 0.954. The van der Waals surface area contributed by atoms with Gasteiger partial charge in [-0.15, -0.1) is 0 Å². The monoisotopic (exact) mass is 188 g/mol. The highest BCUT2D eigenvalue weighted by molar-refractivity contribution is 5.29. The Kier molecular flexibility index (Phi) is 3.13. The maximum atomic E-state index is 11.8. The van der Waals surface area contributed by atoms with Crippen LogP contribution >= 0.6 is 0 Å². The molecule has 0 spiro atoms. The number of pyridine rings is 1. The zero-order valence-corrected chi connectivity index (χ0v) is 7.13. The Bertz CT molecular complexity index is 291. The quantitative estimate of drug-likeness (QED) is 0.780. The average molecular weight is 188 g/mol. The number of nitrogens with two attached hydrogens (primary N) is 1. The second-order valence-corrected chi connectivity index (χ2v) is 2.56. The number of halogens is 2. The van der Waals surface area contributed by atoms with Crippen LogP contribution in [0.3, 0.4) is 0 Å². The van der Waals surface area contributed by atoms with Gasteiger partial charge in [0.1, 0.15) is 0 Å². The first kappa shape index (κ1) is 9.85. The van der Waals surface area contributed by atoms with Crippen molar-refractivity contribution in [3.8, 4) is 5.88 Å². The van der Waals surface area contributed by atoms with Crippen LogP contribution in [-0.4, -0.2) is 11.6 Å². The van der Waals surface area contributed by atoms with Gasteiger partial charge in [0.25, 0.3) is 0 Å². The average Bonchev–Trinajstić information content (AvgIpc) is 2.07. The van der Waals surface area contributed by atoms with Crippen molar-refractivity contribution in [3.05, 3.63) is 23.4 Å². The summed E-state index contributed by atoms with van der Waals surface area (Å²) in [7, 11) is 0. The molecule has 0 saturated heterocycles. The highest BCUT2D eigenvalue weighted by Crippen LogP contribution is 2.17. The van der Waals surface area contributed by atoms with Gasteiger partial charge in [-0.05, 0) is 18.6 Å². The van der Waals surface area contributed by atoms with Gasteiger partial charge in [-0.2, -0.15) is 8.78 Å². The van der Waals surface area contributed by atoms with Gasteiger partial charge < -0.3 is 10.5 Å². The zero-order valence-electron chi connectivity index (χ0n) is 7.13. The number of hydrogen-bond acceptors (Lipinski definition) is 3. The molecule has 0 unspecified atom stereocenters. The Morgan fingerprint density at radius 1 is 1.62 bits per heavy atom. The Labute approximate surface area is 74.5 Å². The molecule has 1 heterocycles.